The van der Waals surface area contributed by atoms with Gasteiger partial charge in [0.15, 0.2) is 0 Å². The van der Waals surface area contributed by atoms with Crippen molar-refractivity contribution in [3.8, 4) is 5.75 Å². The smallest absolute Gasteiger partial charge is 0.119 e. The van der Waals surface area contributed by atoms with E-state index in [4.69, 9.17) is 4.74 Å². The van der Waals surface area contributed by atoms with Crippen LogP contribution in [0.1, 0.15) is 30.9 Å². The van der Waals surface area contributed by atoms with E-state index in [0.29, 0.717) is 12.0 Å². The van der Waals surface area contributed by atoms with Gasteiger partial charge in [-0.25, -0.2) is 0 Å². The van der Waals surface area contributed by atoms with Crippen LogP contribution < -0.4 is 10.1 Å². The molecule has 106 valence electrons. The Morgan fingerprint density at radius 3 is 2.95 bits per heavy atom. The molecule has 1 fully saturated rings. The van der Waals surface area contributed by atoms with Gasteiger partial charge in [0, 0.05) is 6.04 Å². The molecule has 3 heteroatoms. The van der Waals surface area contributed by atoms with Crippen molar-refractivity contribution in [2.75, 3.05) is 34.3 Å². The van der Waals surface area contributed by atoms with Crippen LogP contribution in [-0.4, -0.2) is 39.2 Å². The first-order valence-electron chi connectivity index (χ1n) is 7.25. The predicted octanol–water partition coefficient (Wildman–Crippen LogP) is 2.69. The first-order chi connectivity index (χ1) is 9.26. The Balaban J connectivity index is 2.28. The second-order valence-electron chi connectivity index (χ2n) is 5.52. The van der Waals surface area contributed by atoms with Crippen LogP contribution in [0.3, 0.4) is 0 Å². The second-order valence-corrected chi connectivity index (χ2v) is 5.52. The van der Waals surface area contributed by atoms with Gasteiger partial charge in [0.25, 0.3) is 0 Å². The largest absolute Gasteiger partial charge is 0.497 e. The Morgan fingerprint density at radius 1 is 1.37 bits per heavy atom. The van der Waals surface area contributed by atoms with Crippen LogP contribution in [0, 0.1) is 5.92 Å². The van der Waals surface area contributed by atoms with Crippen LogP contribution in [0.15, 0.2) is 24.3 Å². The lowest BCUT2D eigenvalue weighted by Gasteiger charge is -2.33. The predicted molar refractivity (Wildman–Crippen MR) is 79.6 cm³/mol. The molecule has 0 aliphatic carbocycles. The molecule has 1 saturated heterocycles. The Bertz CT molecular complexity index is 394. The summed E-state index contributed by atoms with van der Waals surface area (Å²) in [5, 5.41) is 3.36. The van der Waals surface area contributed by atoms with E-state index in [1.807, 2.05) is 13.1 Å². The van der Waals surface area contributed by atoms with Crippen LogP contribution in [0.2, 0.25) is 0 Å². The van der Waals surface area contributed by atoms with Crippen molar-refractivity contribution in [2.45, 2.75) is 25.3 Å². The summed E-state index contributed by atoms with van der Waals surface area (Å²) >= 11 is 0. The number of hydrogen-bond acceptors (Lipinski definition) is 3. The molecule has 19 heavy (non-hydrogen) atoms. The number of rotatable bonds is 4. The molecule has 2 unspecified atom stereocenters. The first kappa shape index (κ1) is 14.4. The van der Waals surface area contributed by atoms with E-state index in [2.05, 4.69) is 35.5 Å². The van der Waals surface area contributed by atoms with Gasteiger partial charge in [-0.1, -0.05) is 18.6 Å². The minimum Gasteiger partial charge on any atom is -0.497 e. The van der Waals surface area contributed by atoms with Gasteiger partial charge >= 0.3 is 0 Å². The maximum atomic E-state index is 5.37. The van der Waals surface area contributed by atoms with Crippen molar-refractivity contribution < 1.29 is 4.74 Å². The molecule has 2 atom stereocenters. The molecule has 0 saturated carbocycles. The summed E-state index contributed by atoms with van der Waals surface area (Å²) in [6, 6.07) is 9.04. The SMILES string of the molecule is CNCC1CCCCN(C)C1c1cccc(OC)c1. The highest BCUT2D eigenvalue weighted by molar-refractivity contribution is 5.31. The second kappa shape index (κ2) is 6.92. The van der Waals surface area contributed by atoms with Crippen LogP contribution in [-0.2, 0) is 0 Å². The average Bonchev–Trinajstić information content (AvgIpc) is 2.61. The zero-order valence-corrected chi connectivity index (χ0v) is 12.4. The molecule has 0 aromatic heterocycles. The van der Waals surface area contributed by atoms with E-state index in [-0.39, 0.29) is 0 Å². The van der Waals surface area contributed by atoms with Gasteiger partial charge in [-0.2, -0.15) is 0 Å². The van der Waals surface area contributed by atoms with Gasteiger partial charge in [0.1, 0.15) is 5.75 Å². The number of methoxy groups -OCH3 is 1. The number of ether oxygens (including phenoxy) is 1. The van der Waals surface area contributed by atoms with Crippen molar-refractivity contribution in [1.82, 2.24) is 10.2 Å². The zero-order valence-electron chi connectivity index (χ0n) is 12.4. The zero-order chi connectivity index (χ0) is 13.7. The monoisotopic (exact) mass is 262 g/mol. The van der Waals surface area contributed by atoms with Gasteiger partial charge in [-0.15, -0.1) is 0 Å². The van der Waals surface area contributed by atoms with E-state index in [1.165, 1.54) is 31.4 Å². The lowest BCUT2D eigenvalue weighted by Crippen LogP contribution is -2.33. The summed E-state index contributed by atoms with van der Waals surface area (Å²) in [6.45, 7) is 2.26. The molecule has 1 aliphatic rings. The fourth-order valence-electron chi connectivity index (χ4n) is 3.25. The molecular weight excluding hydrogens is 236 g/mol. The van der Waals surface area contributed by atoms with Gasteiger partial charge in [-0.05, 0) is 63.6 Å². The number of likely N-dealkylation sites (tertiary alicyclic amines) is 1. The topological polar surface area (TPSA) is 24.5 Å². The summed E-state index contributed by atoms with van der Waals surface area (Å²) in [6.07, 6.45) is 3.93. The van der Waals surface area contributed by atoms with Crippen molar-refractivity contribution in [2.24, 2.45) is 5.92 Å². The van der Waals surface area contributed by atoms with Gasteiger partial charge in [0.2, 0.25) is 0 Å². The van der Waals surface area contributed by atoms with Crippen molar-refractivity contribution >= 4 is 0 Å². The Hall–Kier alpha value is -1.06. The summed E-state index contributed by atoms with van der Waals surface area (Å²) in [4.78, 5) is 2.50. The average molecular weight is 262 g/mol. The summed E-state index contributed by atoms with van der Waals surface area (Å²) in [7, 11) is 6.03. The molecule has 2 rings (SSSR count). The molecule has 1 heterocycles. The highest BCUT2D eigenvalue weighted by Gasteiger charge is 2.28. The van der Waals surface area contributed by atoms with Crippen molar-refractivity contribution in [3.63, 3.8) is 0 Å². The Labute approximate surface area is 116 Å². The van der Waals surface area contributed by atoms with Crippen molar-refractivity contribution in [3.05, 3.63) is 29.8 Å². The van der Waals surface area contributed by atoms with E-state index >= 15 is 0 Å². The third-order valence-corrected chi connectivity index (χ3v) is 4.16. The highest BCUT2D eigenvalue weighted by Crippen LogP contribution is 2.35. The van der Waals surface area contributed by atoms with Gasteiger partial charge in [0.05, 0.1) is 7.11 Å². The molecule has 0 bridgehead atoms. The molecule has 1 aromatic rings. The molecule has 0 radical (unpaired) electrons. The van der Waals surface area contributed by atoms with E-state index < -0.39 is 0 Å². The number of benzene rings is 1. The Morgan fingerprint density at radius 2 is 2.21 bits per heavy atom. The maximum Gasteiger partial charge on any atom is 0.119 e. The third-order valence-electron chi connectivity index (χ3n) is 4.16. The first-order valence-corrected chi connectivity index (χ1v) is 7.25. The molecule has 3 nitrogen and oxygen atoms in total. The maximum absolute atomic E-state index is 5.37. The molecule has 1 N–H and O–H groups in total. The van der Waals surface area contributed by atoms with Crippen LogP contribution in [0.25, 0.3) is 0 Å². The van der Waals surface area contributed by atoms with Crippen LogP contribution in [0.5, 0.6) is 5.75 Å². The number of hydrogen-bond donors (Lipinski definition) is 1. The molecule has 1 aliphatic heterocycles. The van der Waals surface area contributed by atoms with Crippen LogP contribution in [0.4, 0.5) is 0 Å². The van der Waals surface area contributed by atoms with Crippen molar-refractivity contribution in [1.29, 1.82) is 0 Å². The lowest BCUT2D eigenvalue weighted by atomic mass is 9.89. The van der Waals surface area contributed by atoms with Crippen LogP contribution >= 0.6 is 0 Å². The van der Waals surface area contributed by atoms with Gasteiger partial charge < -0.3 is 10.1 Å². The molecule has 0 spiro atoms. The Kier molecular flexibility index (Phi) is 5.23. The fraction of sp³-hybridized carbons (Fsp3) is 0.625. The van der Waals surface area contributed by atoms with E-state index in [1.54, 1.807) is 7.11 Å². The van der Waals surface area contributed by atoms with E-state index in [0.717, 1.165) is 12.3 Å². The molecular formula is C16H26N2O. The normalized spacial score (nSPS) is 25.0. The lowest BCUT2D eigenvalue weighted by molar-refractivity contribution is 0.190. The van der Waals surface area contributed by atoms with E-state index in [9.17, 15) is 0 Å². The minimum atomic E-state index is 0.491. The summed E-state index contributed by atoms with van der Waals surface area (Å²) < 4.78 is 5.37. The number of nitrogens with one attached hydrogen (secondary N) is 1. The standard InChI is InChI=1S/C16H26N2O/c1-17-12-14-7-4-5-10-18(2)16(14)13-8-6-9-15(11-13)19-3/h6,8-9,11,14,16-17H,4-5,7,10,12H2,1-3H3. The van der Waals surface area contributed by atoms with Gasteiger partial charge in [-0.3, -0.25) is 4.90 Å². The summed E-state index contributed by atoms with van der Waals surface area (Å²) in [5.74, 6) is 1.63. The minimum absolute atomic E-state index is 0.491. The molecule has 1 aromatic carbocycles. The quantitative estimate of drug-likeness (QED) is 0.903. The number of nitrogens with zero attached hydrogens (tertiary/aromatic N) is 1. The third kappa shape index (κ3) is 3.48. The summed E-state index contributed by atoms with van der Waals surface area (Å²) in [5.41, 5.74) is 1.38. The fourth-order valence-corrected chi connectivity index (χ4v) is 3.25. The molecule has 0 amide bonds. The highest BCUT2D eigenvalue weighted by atomic mass is 16.5.